The molecule has 1 aromatic carbocycles. The largest absolute Gasteiger partial charge is 0.408 e. The lowest BCUT2D eigenvalue weighted by molar-refractivity contribution is -0.138. The van der Waals surface area contributed by atoms with E-state index in [0.29, 0.717) is 24.9 Å². The van der Waals surface area contributed by atoms with Crippen molar-refractivity contribution in [1.82, 2.24) is 20.4 Å². The summed E-state index contributed by atoms with van der Waals surface area (Å²) in [5.41, 5.74) is 0.442. The van der Waals surface area contributed by atoms with Gasteiger partial charge in [-0.05, 0) is 44.8 Å². The molecule has 0 spiro atoms. The molecular formula is C27H41ClN4O4S. The number of nitrogens with zero attached hydrogens (tertiary/aromatic N) is 3. The maximum absolute atomic E-state index is 13.7. The molecule has 37 heavy (non-hydrogen) atoms. The number of amides is 1. The summed E-state index contributed by atoms with van der Waals surface area (Å²) in [5.74, 6) is 0.481. The van der Waals surface area contributed by atoms with Crippen LogP contribution in [0.5, 0.6) is 0 Å². The first-order valence-corrected chi connectivity index (χ1v) is 13.9. The number of aromatic nitrogens is 2. The third-order valence-corrected chi connectivity index (χ3v) is 7.29. The van der Waals surface area contributed by atoms with E-state index in [0.717, 1.165) is 50.0 Å². The number of Topliss-reactive ketones (excluding diaryl/α,β-unsaturated/α-hetero) is 1. The first kappa shape index (κ1) is 31.3. The van der Waals surface area contributed by atoms with Gasteiger partial charge in [0.05, 0.1) is 24.7 Å². The third kappa shape index (κ3) is 9.71. The number of ketones is 1. The average molecular weight is 553 g/mol. The zero-order valence-electron chi connectivity index (χ0n) is 22.4. The molecule has 1 heterocycles. The number of thioether (sulfide) groups is 1. The molecule has 8 nitrogen and oxygen atoms in total. The van der Waals surface area contributed by atoms with Crippen LogP contribution in [-0.4, -0.2) is 65.8 Å². The standard InChI is InChI=1S/C27H40N4O4S.ClH/c1-20(2)17-22(23(32)24-29-30-26(35-24)36-16-15-31(3)4)28-25(33)27(13-9-6-10-14-27)19-34-18-21-11-7-5-8-12-21;/h5,7-8,11-12,20,22H,6,9-10,13-19H2,1-4H3,(H,28,33);1H. The van der Waals surface area contributed by atoms with E-state index in [-0.39, 0.29) is 35.9 Å². The van der Waals surface area contributed by atoms with E-state index in [4.69, 9.17) is 9.15 Å². The Bertz CT molecular complexity index is 964. The van der Waals surface area contributed by atoms with Crippen molar-refractivity contribution in [2.75, 3.05) is 33.0 Å². The van der Waals surface area contributed by atoms with E-state index >= 15 is 0 Å². The van der Waals surface area contributed by atoms with Crippen LogP contribution in [0.3, 0.4) is 0 Å². The Morgan fingerprint density at radius 2 is 1.84 bits per heavy atom. The van der Waals surface area contributed by atoms with E-state index < -0.39 is 11.5 Å². The summed E-state index contributed by atoms with van der Waals surface area (Å²) in [6.45, 7) is 5.71. The molecule has 2 aromatic rings. The predicted octanol–water partition coefficient (Wildman–Crippen LogP) is 5.03. The van der Waals surface area contributed by atoms with Crippen LogP contribution in [0.4, 0.5) is 0 Å². The van der Waals surface area contributed by atoms with E-state index in [1.165, 1.54) is 11.8 Å². The highest BCUT2D eigenvalue weighted by atomic mass is 35.5. The topological polar surface area (TPSA) is 97.6 Å². The van der Waals surface area contributed by atoms with E-state index in [1.807, 2.05) is 58.3 Å². The maximum Gasteiger partial charge on any atom is 0.286 e. The number of ether oxygens (including phenoxy) is 1. The first-order chi connectivity index (χ1) is 17.3. The van der Waals surface area contributed by atoms with Crippen molar-refractivity contribution in [2.24, 2.45) is 11.3 Å². The molecule has 1 atom stereocenters. The SMILES string of the molecule is CC(C)CC(NC(=O)C1(COCc2ccccc2)CCCCC1)C(=O)c1nnc(SCCN(C)C)o1.Cl. The molecule has 206 valence electrons. The van der Waals surface area contributed by atoms with Crippen molar-refractivity contribution in [3.8, 4) is 0 Å². The summed E-state index contributed by atoms with van der Waals surface area (Å²) in [5, 5.41) is 11.4. The molecule has 0 aliphatic heterocycles. The van der Waals surface area contributed by atoms with Crippen LogP contribution < -0.4 is 5.32 Å². The van der Waals surface area contributed by atoms with Crippen LogP contribution >= 0.6 is 24.2 Å². The first-order valence-electron chi connectivity index (χ1n) is 12.9. The van der Waals surface area contributed by atoms with Crippen molar-refractivity contribution >= 4 is 35.9 Å². The molecule has 3 rings (SSSR count). The molecule has 1 aromatic heterocycles. The molecule has 1 aliphatic carbocycles. The summed E-state index contributed by atoms with van der Waals surface area (Å²) in [4.78, 5) is 29.1. The van der Waals surface area contributed by atoms with Gasteiger partial charge in [-0.2, -0.15) is 0 Å². The number of hydrogen-bond donors (Lipinski definition) is 1. The molecule has 0 radical (unpaired) electrons. The number of carbonyl (C=O) groups excluding carboxylic acids is 2. The zero-order chi connectivity index (χ0) is 26.0. The summed E-state index contributed by atoms with van der Waals surface area (Å²) < 4.78 is 11.7. The number of hydrogen-bond acceptors (Lipinski definition) is 8. The second-order valence-corrected chi connectivity index (χ2v) is 11.4. The molecule has 1 N–H and O–H groups in total. The second-order valence-electron chi connectivity index (χ2n) is 10.4. The zero-order valence-corrected chi connectivity index (χ0v) is 24.0. The number of carbonyl (C=O) groups is 2. The highest BCUT2D eigenvalue weighted by molar-refractivity contribution is 7.99. The molecule has 1 amide bonds. The van der Waals surface area contributed by atoms with E-state index in [2.05, 4.69) is 20.4 Å². The van der Waals surface area contributed by atoms with Crippen LogP contribution in [0.2, 0.25) is 0 Å². The molecule has 0 saturated heterocycles. The summed E-state index contributed by atoms with van der Waals surface area (Å²) >= 11 is 1.42. The average Bonchev–Trinajstić information content (AvgIpc) is 3.33. The van der Waals surface area contributed by atoms with Crippen LogP contribution in [-0.2, 0) is 16.1 Å². The fraction of sp³-hybridized carbons (Fsp3) is 0.630. The highest BCUT2D eigenvalue weighted by Gasteiger charge is 2.42. The van der Waals surface area contributed by atoms with Gasteiger partial charge in [0.1, 0.15) is 0 Å². The van der Waals surface area contributed by atoms with Crippen molar-refractivity contribution in [3.63, 3.8) is 0 Å². The van der Waals surface area contributed by atoms with Gasteiger partial charge in [-0.15, -0.1) is 22.6 Å². The van der Waals surface area contributed by atoms with E-state index in [9.17, 15) is 9.59 Å². The Labute approximate surface area is 231 Å². The van der Waals surface area contributed by atoms with Gasteiger partial charge in [0.2, 0.25) is 11.7 Å². The molecule has 1 fully saturated rings. The van der Waals surface area contributed by atoms with Gasteiger partial charge < -0.3 is 19.4 Å². The van der Waals surface area contributed by atoms with Gasteiger partial charge in [0.25, 0.3) is 11.1 Å². The smallest absolute Gasteiger partial charge is 0.286 e. The number of nitrogens with one attached hydrogen (secondary N) is 1. The summed E-state index contributed by atoms with van der Waals surface area (Å²) in [6, 6.07) is 9.25. The Morgan fingerprint density at radius 3 is 2.49 bits per heavy atom. The molecule has 1 unspecified atom stereocenters. The van der Waals surface area contributed by atoms with Gasteiger partial charge >= 0.3 is 0 Å². The Kier molecular flexibility index (Phi) is 13.1. The van der Waals surface area contributed by atoms with Gasteiger partial charge in [-0.1, -0.05) is 75.2 Å². The Morgan fingerprint density at radius 1 is 1.14 bits per heavy atom. The van der Waals surface area contributed by atoms with Crippen LogP contribution in [0.15, 0.2) is 40.0 Å². The summed E-state index contributed by atoms with van der Waals surface area (Å²) in [7, 11) is 3.99. The van der Waals surface area contributed by atoms with Crippen molar-refractivity contribution in [2.45, 2.75) is 70.2 Å². The minimum Gasteiger partial charge on any atom is -0.408 e. The van der Waals surface area contributed by atoms with Crippen LogP contribution in [0.1, 0.15) is 68.6 Å². The molecule has 1 aliphatic rings. The predicted molar refractivity (Wildman–Crippen MR) is 148 cm³/mol. The molecular weight excluding hydrogens is 512 g/mol. The van der Waals surface area contributed by atoms with E-state index in [1.54, 1.807) is 0 Å². The number of halogens is 1. The molecule has 0 bridgehead atoms. The van der Waals surface area contributed by atoms with Crippen LogP contribution in [0, 0.1) is 11.3 Å². The van der Waals surface area contributed by atoms with Gasteiger partial charge in [0.15, 0.2) is 0 Å². The monoisotopic (exact) mass is 552 g/mol. The lowest BCUT2D eigenvalue weighted by Gasteiger charge is -2.36. The Balaban J connectivity index is 0.00000481. The highest BCUT2D eigenvalue weighted by Crippen LogP contribution is 2.37. The summed E-state index contributed by atoms with van der Waals surface area (Å²) in [6.07, 6.45) is 5.06. The van der Waals surface area contributed by atoms with Crippen molar-refractivity contribution in [1.29, 1.82) is 0 Å². The van der Waals surface area contributed by atoms with Crippen molar-refractivity contribution < 1.29 is 18.7 Å². The quantitative estimate of drug-likeness (QED) is 0.257. The van der Waals surface area contributed by atoms with Crippen molar-refractivity contribution in [3.05, 3.63) is 41.8 Å². The lowest BCUT2D eigenvalue weighted by Crippen LogP contribution is -2.51. The van der Waals surface area contributed by atoms with Gasteiger partial charge in [0, 0.05) is 12.3 Å². The minimum atomic E-state index is -0.717. The van der Waals surface area contributed by atoms with Gasteiger partial charge in [-0.25, -0.2) is 0 Å². The molecule has 10 heteroatoms. The number of benzene rings is 1. The second kappa shape index (κ2) is 15.5. The van der Waals surface area contributed by atoms with Crippen LogP contribution in [0.25, 0.3) is 0 Å². The molecule has 1 saturated carbocycles. The normalized spacial score (nSPS) is 15.8. The maximum atomic E-state index is 13.7. The fourth-order valence-corrected chi connectivity index (χ4v) is 5.32. The Hall–Kier alpha value is -1.94. The lowest BCUT2D eigenvalue weighted by atomic mass is 9.73. The van der Waals surface area contributed by atoms with Gasteiger partial charge in [-0.3, -0.25) is 9.59 Å². The third-order valence-electron chi connectivity index (χ3n) is 6.49. The number of rotatable bonds is 14. The fourth-order valence-electron chi connectivity index (χ4n) is 4.45. The minimum absolute atomic E-state index is 0.